The number of nitrogens with zero attached hydrogens (tertiary/aromatic N) is 2. The monoisotopic (exact) mass is 329 g/mol. The Bertz CT molecular complexity index is 808. The van der Waals surface area contributed by atoms with E-state index in [0.29, 0.717) is 9.90 Å². The van der Waals surface area contributed by atoms with Crippen molar-refractivity contribution in [2.24, 2.45) is 5.10 Å². The van der Waals surface area contributed by atoms with Gasteiger partial charge in [-0.1, -0.05) is 23.7 Å². The van der Waals surface area contributed by atoms with Crippen LogP contribution in [0.25, 0.3) is 5.69 Å². The molecule has 0 aliphatic carbocycles. The number of nitrogens with one attached hydrogen (secondary N) is 1. The molecule has 2 heterocycles. The van der Waals surface area contributed by atoms with E-state index < -0.39 is 0 Å². The van der Waals surface area contributed by atoms with Gasteiger partial charge >= 0.3 is 0 Å². The summed E-state index contributed by atoms with van der Waals surface area (Å²) in [5.41, 5.74) is 3.90. The van der Waals surface area contributed by atoms with Gasteiger partial charge < -0.3 is 4.57 Å². The number of carbonyl (C=O) groups excluding carboxylic acids is 1. The summed E-state index contributed by atoms with van der Waals surface area (Å²) in [6.45, 7) is 0. The molecule has 1 aromatic carbocycles. The van der Waals surface area contributed by atoms with E-state index in [2.05, 4.69) is 10.5 Å². The second-order valence-electron chi connectivity index (χ2n) is 4.45. The first kappa shape index (κ1) is 14.6. The van der Waals surface area contributed by atoms with Crippen LogP contribution in [0.15, 0.2) is 66.0 Å². The zero-order chi connectivity index (χ0) is 15.4. The van der Waals surface area contributed by atoms with Gasteiger partial charge in [0.05, 0.1) is 21.8 Å². The average Bonchev–Trinajstić information content (AvgIpc) is 3.19. The largest absolute Gasteiger partial charge is 0.323 e. The number of carbonyl (C=O) groups is 1. The fraction of sp³-hybridized carbons (Fsp3) is 0. The smallest absolute Gasteiger partial charge is 0.273 e. The minimum Gasteiger partial charge on any atom is -0.323 e. The van der Waals surface area contributed by atoms with E-state index >= 15 is 0 Å². The Morgan fingerprint density at radius 2 is 1.91 bits per heavy atom. The van der Waals surface area contributed by atoms with Gasteiger partial charge in [0, 0.05) is 17.3 Å². The third-order valence-corrected chi connectivity index (χ3v) is 4.15. The van der Waals surface area contributed by atoms with Crippen molar-refractivity contribution in [1.29, 1.82) is 0 Å². The Labute approximate surface area is 136 Å². The van der Waals surface area contributed by atoms with Crippen LogP contribution in [0, 0.1) is 0 Å². The lowest BCUT2D eigenvalue weighted by molar-refractivity contribution is 0.0955. The second-order valence-corrected chi connectivity index (χ2v) is 6.20. The molecule has 1 N–H and O–H groups in total. The van der Waals surface area contributed by atoms with Gasteiger partial charge in [-0.3, -0.25) is 4.79 Å². The van der Waals surface area contributed by atoms with Crippen LogP contribution in [0.4, 0.5) is 0 Å². The predicted octanol–water partition coefficient (Wildman–Crippen LogP) is 3.96. The third-order valence-electron chi connectivity index (χ3n) is 2.98. The van der Waals surface area contributed by atoms with Crippen LogP contribution in [0.2, 0.25) is 4.34 Å². The lowest BCUT2D eigenvalue weighted by Crippen LogP contribution is -2.19. The number of rotatable bonds is 4. The lowest BCUT2D eigenvalue weighted by atomic mass is 10.1. The van der Waals surface area contributed by atoms with Gasteiger partial charge in [0.25, 0.3) is 5.91 Å². The summed E-state index contributed by atoms with van der Waals surface area (Å²) in [7, 11) is 0. The molecule has 0 unspecified atom stereocenters. The Morgan fingerprint density at radius 1 is 1.14 bits per heavy atom. The van der Waals surface area contributed by atoms with Crippen molar-refractivity contribution in [1.82, 2.24) is 9.99 Å². The van der Waals surface area contributed by atoms with Gasteiger partial charge in [-0.25, -0.2) is 5.43 Å². The summed E-state index contributed by atoms with van der Waals surface area (Å²) in [5.74, 6) is -0.261. The fourth-order valence-corrected chi connectivity index (χ4v) is 2.93. The summed E-state index contributed by atoms with van der Waals surface area (Å²) in [6.07, 6.45) is 5.36. The zero-order valence-electron chi connectivity index (χ0n) is 11.4. The van der Waals surface area contributed by atoms with E-state index in [4.69, 9.17) is 11.6 Å². The molecule has 0 saturated carbocycles. The SMILES string of the molecule is O=C(N/N=C/c1ccc(Cl)s1)c1ccccc1-n1cccc1. The number of halogens is 1. The maximum absolute atomic E-state index is 12.3. The predicted molar refractivity (Wildman–Crippen MR) is 90.2 cm³/mol. The zero-order valence-corrected chi connectivity index (χ0v) is 13.0. The topological polar surface area (TPSA) is 46.4 Å². The van der Waals surface area contributed by atoms with E-state index in [-0.39, 0.29) is 5.91 Å². The first-order chi connectivity index (χ1) is 10.7. The van der Waals surface area contributed by atoms with Crippen molar-refractivity contribution in [3.05, 3.63) is 75.7 Å². The van der Waals surface area contributed by atoms with Crippen LogP contribution in [-0.2, 0) is 0 Å². The molecule has 0 atom stereocenters. The highest BCUT2D eigenvalue weighted by molar-refractivity contribution is 7.17. The number of hydrogen-bond acceptors (Lipinski definition) is 3. The van der Waals surface area contributed by atoms with Crippen molar-refractivity contribution in [2.45, 2.75) is 0 Å². The number of para-hydroxylation sites is 1. The van der Waals surface area contributed by atoms with Crippen LogP contribution in [0.3, 0.4) is 0 Å². The second kappa shape index (κ2) is 6.60. The Hall–Kier alpha value is -2.37. The maximum Gasteiger partial charge on any atom is 0.273 e. The van der Waals surface area contributed by atoms with Gasteiger partial charge in [-0.2, -0.15) is 5.10 Å². The number of hydrogen-bond donors (Lipinski definition) is 1. The molecule has 0 aliphatic heterocycles. The highest BCUT2D eigenvalue weighted by Gasteiger charge is 2.10. The van der Waals surface area contributed by atoms with Crippen molar-refractivity contribution >= 4 is 35.1 Å². The molecule has 1 amide bonds. The quantitative estimate of drug-likeness (QED) is 0.571. The van der Waals surface area contributed by atoms with Gasteiger partial charge in [0.15, 0.2) is 0 Å². The van der Waals surface area contributed by atoms with Gasteiger partial charge in [0.2, 0.25) is 0 Å². The first-order valence-electron chi connectivity index (χ1n) is 6.55. The molecule has 3 aromatic rings. The molecule has 22 heavy (non-hydrogen) atoms. The molecule has 3 rings (SSSR count). The van der Waals surface area contributed by atoms with E-state index in [1.807, 2.05) is 53.4 Å². The standard InChI is InChI=1S/C16H12ClN3OS/c17-15-8-7-12(22-15)11-18-19-16(21)13-5-1-2-6-14(13)20-9-3-4-10-20/h1-11H,(H,19,21)/b18-11+. The highest BCUT2D eigenvalue weighted by atomic mass is 35.5. The van der Waals surface area contributed by atoms with E-state index in [1.165, 1.54) is 11.3 Å². The number of thiophene rings is 1. The molecule has 110 valence electrons. The first-order valence-corrected chi connectivity index (χ1v) is 7.74. The van der Waals surface area contributed by atoms with Crippen molar-refractivity contribution in [3.63, 3.8) is 0 Å². The van der Waals surface area contributed by atoms with Crippen LogP contribution in [-0.4, -0.2) is 16.7 Å². The Morgan fingerprint density at radius 3 is 2.64 bits per heavy atom. The van der Waals surface area contributed by atoms with Crippen LogP contribution in [0.5, 0.6) is 0 Å². The highest BCUT2D eigenvalue weighted by Crippen LogP contribution is 2.19. The van der Waals surface area contributed by atoms with Crippen molar-refractivity contribution in [3.8, 4) is 5.69 Å². The number of hydrazone groups is 1. The van der Waals surface area contributed by atoms with Crippen LogP contribution >= 0.6 is 22.9 Å². The minimum atomic E-state index is -0.261. The summed E-state index contributed by atoms with van der Waals surface area (Å²) in [5, 5.41) is 3.97. The molecular formula is C16H12ClN3OS. The number of aromatic nitrogens is 1. The van der Waals surface area contributed by atoms with E-state index in [9.17, 15) is 4.79 Å². The molecule has 0 bridgehead atoms. The van der Waals surface area contributed by atoms with Crippen LogP contribution in [0.1, 0.15) is 15.2 Å². The molecule has 0 fully saturated rings. The maximum atomic E-state index is 12.3. The molecule has 0 aliphatic rings. The molecule has 0 radical (unpaired) electrons. The molecular weight excluding hydrogens is 318 g/mol. The van der Waals surface area contributed by atoms with E-state index in [1.54, 1.807) is 18.3 Å². The number of amides is 1. The fourth-order valence-electron chi connectivity index (χ4n) is 2.00. The summed E-state index contributed by atoms with van der Waals surface area (Å²) in [4.78, 5) is 13.2. The van der Waals surface area contributed by atoms with Gasteiger partial charge in [-0.05, 0) is 36.4 Å². The van der Waals surface area contributed by atoms with Gasteiger partial charge in [-0.15, -0.1) is 11.3 Å². The molecule has 0 saturated heterocycles. The number of benzene rings is 1. The normalized spacial score (nSPS) is 11.0. The molecule has 6 heteroatoms. The lowest BCUT2D eigenvalue weighted by Gasteiger charge is -2.08. The molecule has 0 spiro atoms. The summed E-state index contributed by atoms with van der Waals surface area (Å²) >= 11 is 7.24. The summed E-state index contributed by atoms with van der Waals surface area (Å²) in [6, 6.07) is 14.8. The molecule has 4 nitrogen and oxygen atoms in total. The summed E-state index contributed by atoms with van der Waals surface area (Å²) < 4.78 is 2.57. The minimum absolute atomic E-state index is 0.261. The van der Waals surface area contributed by atoms with Crippen LogP contribution < -0.4 is 5.43 Å². The Balaban J connectivity index is 1.77. The third kappa shape index (κ3) is 3.27. The van der Waals surface area contributed by atoms with Crippen molar-refractivity contribution in [2.75, 3.05) is 0 Å². The molecule has 2 aromatic heterocycles. The Kier molecular flexibility index (Phi) is 4.37. The van der Waals surface area contributed by atoms with Gasteiger partial charge in [0.1, 0.15) is 0 Å². The van der Waals surface area contributed by atoms with Crippen molar-refractivity contribution < 1.29 is 4.79 Å². The van der Waals surface area contributed by atoms with E-state index in [0.717, 1.165) is 10.6 Å². The average molecular weight is 330 g/mol.